The van der Waals surface area contributed by atoms with Crippen molar-refractivity contribution in [1.29, 1.82) is 0 Å². The molecule has 0 aliphatic carbocycles. The summed E-state index contributed by atoms with van der Waals surface area (Å²) in [6, 6.07) is 4.47. The molecule has 0 spiro atoms. The molecule has 6 N–H and O–H groups in total. The second-order valence-electron chi connectivity index (χ2n) is 9.34. The van der Waals surface area contributed by atoms with E-state index in [1.165, 1.54) is 6.92 Å². The number of rotatable bonds is 10. The Morgan fingerprint density at radius 2 is 1.95 bits per heavy atom. The van der Waals surface area contributed by atoms with Crippen LogP contribution in [-0.4, -0.2) is 68.9 Å². The van der Waals surface area contributed by atoms with Gasteiger partial charge < -0.3 is 20.4 Å². The molecule has 212 valence electrons. The predicted molar refractivity (Wildman–Crippen MR) is 127 cm³/mol. The quantitative estimate of drug-likeness (QED) is 0.150. The summed E-state index contributed by atoms with van der Waals surface area (Å²) in [5.74, 6) is -3.88. The summed E-state index contributed by atoms with van der Waals surface area (Å²) in [5.41, 5.74) is 0.942. The third-order valence-electron chi connectivity index (χ3n) is 6.43. The average molecular weight is 550 g/mol. The topological polar surface area (TPSA) is 117 Å². The van der Waals surface area contributed by atoms with Gasteiger partial charge in [0.25, 0.3) is 0 Å². The molecule has 2 aliphatic rings. The van der Waals surface area contributed by atoms with Crippen LogP contribution < -0.4 is 10.6 Å². The molecule has 5 atom stereocenters. The average Bonchev–Trinajstić information content (AvgIpc) is 3.15. The van der Waals surface area contributed by atoms with Crippen molar-refractivity contribution in [2.75, 3.05) is 6.61 Å². The number of ether oxygens (including phenoxy) is 1. The highest BCUT2D eigenvalue weighted by atomic mass is 19.4. The summed E-state index contributed by atoms with van der Waals surface area (Å²) in [6.45, 7) is 3.67. The van der Waals surface area contributed by atoms with Crippen molar-refractivity contribution in [3.05, 3.63) is 70.8 Å². The second-order valence-corrected chi connectivity index (χ2v) is 9.34. The molecule has 1 fully saturated rings. The molecule has 0 amide bonds. The zero-order valence-corrected chi connectivity index (χ0v) is 20.6. The number of halogens is 5. The third kappa shape index (κ3) is 7.45. The molecule has 13 heteroatoms. The largest absolute Gasteiger partial charge is 0.522 e. The van der Waals surface area contributed by atoms with Crippen LogP contribution in [0.2, 0.25) is 0 Å². The van der Waals surface area contributed by atoms with Crippen LogP contribution in [0.1, 0.15) is 42.7 Å². The maximum atomic E-state index is 15.0. The lowest BCUT2D eigenvalue weighted by Crippen LogP contribution is -2.56. The fraction of sp³-hybridized carbons (Fsp3) is 0.520. The van der Waals surface area contributed by atoms with Gasteiger partial charge >= 0.3 is 12.3 Å². The van der Waals surface area contributed by atoms with Gasteiger partial charge in [-0.2, -0.15) is 8.78 Å². The van der Waals surface area contributed by atoms with Gasteiger partial charge in [-0.3, -0.25) is 20.3 Å². The van der Waals surface area contributed by atoms with E-state index in [0.29, 0.717) is 29.5 Å². The Bertz CT molecular complexity index is 1050. The highest BCUT2D eigenvalue weighted by molar-refractivity contribution is 5.37. The van der Waals surface area contributed by atoms with E-state index in [1.54, 1.807) is 23.1 Å². The number of nitrogens with zero attached hydrogens (tertiary/aromatic N) is 1. The van der Waals surface area contributed by atoms with Gasteiger partial charge in [0.15, 0.2) is 6.23 Å². The highest BCUT2D eigenvalue weighted by Gasteiger charge is 2.42. The van der Waals surface area contributed by atoms with Crippen molar-refractivity contribution in [2.24, 2.45) is 0 Å². The SMILES string of the molecule is C=C/C=C(\C=C(\C)COC(F)(F)F)C(F)(F)[C@H](O)NCc1ccc2c(c1)CN(C1CC[C@H](O)N[C@@H]1O)[C@H]2O. The standard InChI is InChI=1S/C25H32F5N3O5/c1-3-4-17(9-14(2)13-38-25(28,29)30)24(26,27)23(37)31-11-15-5-6-18-16(10-15)12-33(22(18)36)19-7-8-20(34)32-21(19)35/h3-6,9-10,19-23,31-32,34-37H,1,7-8,11-13H2,2H3/b14-9-,17-4+/t19?,20-,21+,22-,23-/m0/s1. The molecule has 8 nitrogen and oxygen atoms in total. The van der Waals surface area contributed by atoms with Crippen LogP contribution in [0.25, 0.3) is 0 Å². The Hall–Kier alpha value is -2.23. The first-order valence-electron chi connectivity index (χ1n) is 11.9. The molecule has 3 rings (SSSR count). The van der Waals surface area contributed by atoms with Gasteiger partial charge in [0.1, 0.15) is 18.7 Å². The Morgan fingerprint density at radius 1 is 1.24 bits per heavy atom. The number of nitrogens with one attached hydrogen (secondary N) is 2. The summed E-state index contributed by atoms with van der Waals surface area (Å²) < 4.78 is 70.4. The first-order valence-corrected chi connectivity index (χ1v) is 11.9. The second kappa shape index (κ2) is 12.3. The van der Waals surface area contributed by atoms with Crippen molar-refractivity contribution >= 4 is 0 Å². The summed E-state index contributed by atoms with van der Waals surface area (Å²) in [4.78, 5) is 1.68. The zero-order chi connectivity index (χ0) is 28.3. The van der Waals surface area contributed by atoms with Crippen LogP contribution >= 0.6 is 0 Å². The number of aliphatic hydroxyl groups excluding tert-OH is 4. The number of benzene rings is 1. The highest BCUT2D eigenvalue weighted by Crippen LogP contribution is 2.37. The molecule has 1 aromatic rings. The van der Waals surface area contributed by atoms with E-state index >= 15 is 0 Å². The lowest BCUT2D eigenvalue weighted by atomic mass is 10.0. The van der Waals surface area contributed by atoms with Gasteiger partial charge in [0, 0.05) is 18.7 Å². The van der Waals surface area contributed by atoms with Crippen molar-refractivity contribution in [3.63, 3.8) is 0 Å². The van der Waals surface area contributed by atoms with E-state index in [9.17, 15) is 42.4 Å². The first-order chi connectivity index (χ1) is 17.7. The van der Waals surface area contributed by atoms with Crippen LogP contribution in [0.15, 0.2) is 54.2 Å². The molecule has 0 saturated carbocycles. The molecule has 0 radical (unpaired) electrons. The van der Waals surface area contributed by atoms with E-state index < -0.39 is 55.4 Å². The molecular formula is C25H32F5N3O5. The van der Waals surface area contributed by atoms with Crippen LogP contribution in [0, 0.1) is 0 Å². The number of hydrogen-bond acceptors (Lipinski definition) is 8. The van der Waals surface area contributed by atoms with Crippen LogP contribution in [0.4, 0.5) is 22.0 Å². The number of aliphatic hydroxyl groups is 4. The van der Waals surface area contributed by atoms with Crippen LogP contribution in [0.5, 0.6) is 0 Å². The maximum absolute atomic E-state index is 15.0. The fourth-order valence-electron chi connectivity index (χ4n) is 4.53. The Labute approximate surface area is 216 Å². The third-order valence-corrected chi connectivity index (χ3v) is 6.43. The molecule has 1 unspecified atom stereocenters. The maximum Gasteiger partial charge on any atom is 0.522 e. The van der Waals surface area contributed by atoms with E-state index in [0.717, 1.165) is 18.2 Å². The number of hydrogen-bond donors (Lipinski definition) is 6. The van der Waals surface area contributed by atoms with Crippen LogP contribution in [-0.2, 0) is 17.8 Å². The Balaban J connectivity index is 1.65. The summed E-state index contributed by atoms with van der Waals surface area (Å²) in [5, 5.41) is 45.8. The van der Waals surface area contributed by atoms with E-state index in [4.69, 9.17) is 0 Å². The Morgan fingerprint density at radius 3 is 2.58 bits per heavy atom. The smallest absolute Gasteiger partial charge is 0.379 e. The molecule has 1 saturated heterocycles. The minimum atomic E-state index is -4.92. The number of piperidine rings is 1. The minimum Gasteiger partial charge on any atom is -0.379 e. The lowest BCUT2D eigenvalue weighted by molar-refractivity contribution is -0.320. The van der Waals surface area contributed by atoms with Crippen molar-refractivity contribution < 1.29 is 47.1 Å². The van der Waals surface area contributed by atoms with Gasteiger partial charge in [-0.1, -0.05) is 43.0 Å². The molecule has 0 aromatic heterocycles. The van der Waals surface area contributed by atoms with Crippen molar-refractivity contribution in [2.45, 2.75) is 76.1 Å². The molecular weight excluding hydrogens is 517 g/mol. The first kappa shape index (κ1) is 30.3. The summed E-state index contributed by atoms with van der Waals surface area (Å²) >= 11 is 0. The molecule has 1 aromatic carbocycles. The number of fused-ring (bicyclic) bond motifs is 1. The van der Waals surface area contributed by atoms with E-state index in [1.807, 2.05) is 0 Å². The van der Waals surface area contributed by atoms with E-state index in [2.05, 4.69) is 21.9 Å². The molecule has 0 bridgehead atoms. The van der Waals surface area contributed by atoms with Crippen molar-refractivity contribution in [1.82, 2.24) is 15.5 Å². The fourth-order valence-corrected chi connectivity index (χ4v) is 4.53. The molecule has 2 heterocycles. The van der Waals surface area contributed by atoms with Crippen LogP contribution in [0.3, 0.4) is 0 Å². The van der Waals surface area contributed by atoms with Gasteiger partial charge in [-0.25, -0.2) is 0 Å². The van der Waals surface area contributed by atoms with Gasteiger partial charge in [-0.05, 0) is 42.0 Å². The van der Waals surface area contributed by atoms with Crippen molar-refractivity contribution in [3.8, 4) is 0 Å². The Kier molecular flexibility index (Phi) is 9.81. The normalized spacial score (nSPS) is 26.4. The zero-order valence-electron chi connectivity index (χ0n) is 20.6. The lowest BCUT2D eigenvalue weighted by Gasteiger charge is -2.39. The van der Waals surface area contributed by atoms with E-state index in [-0.39, 0.29) is 18.7 Å². The summed E-state index contributed by atoms with van der Waals surface area (Å²) in [6.07, 6.45) is -6.61. The minimum absolute atomic E-state index is 0.142. The van der Waals surface area contributed by atoms with Gasteiger partial charge in [0.2, 0.25) is 0 Å². The predicted octanol–water partition coefficient (Wildman–Crippen LogP) is 2.52. The molecule has 2 aliphatic heterocycles. The number of allylic oxidation sites excluding steroid dienone is 3. The monoisotopic (exact) mass is 549 g/mol. The summed E-state index contributed by atoms with van der Waals surface area (Å²) in [7, 11) is 0. The number of alkyl halides is 5. The van der Waals surface area contributed by atoms with Gasteiger partial charge in [-0.15, -0.1) is 13.2 Å². The molecule has 38 heavy (non-hydrogen) atoms. The van der Waals surface area contributed by atoms with Gasteiger partial charge in [0.05, 0.1) is 12.6 Å².